The quantitative estimate of drug-likeness (QED) is 0.371. The highest BCUT2D eigenvalue weighted by Gasteiger charge is 2.25. The van der Waals surface area contributed by atoms with E-state index in [1.165, 1.54) is 12.8 Å². The van der Waals surface area contributed by atoms with E-state index in [0.717, 1.165) is 29.5 Å². The summed E-state index contributed by atoms with van der Waals surface area (Å²) in [6.07, 6.45) is 8.03. The van der Waals surface area contributed by atoms with Crippen LogP contribution < -0.4 is 20.1 Å². The Morgan fingerprint density at radius 1 is 1.14 bits per heavy atom. The van der Waals surface area contributed by atoms with Crippen molar-refractivity contribution in [3.8, 4) is 28.8 Å². The molecule has 3 N–H and O–H groups in total. The summed E-state index contributed by atoms with van der Waals surface area (Å²) < 4.78 is 13.9. The topological polar surface area (TPSA) is 126 Å². The lowest BCUT2D eigenvalue weighted by atomic mass is 9.87. The zero-order valence-electron chi connectivity index (χ0n) is 20.3. The van der Waals surface area contributed by atoms with Gasteiger partial charge in [-0.15, -0.1) is 0 Å². The number of benzene rings is 1. The minimum Gasteiger partial charge on any atom is -0.485 e. The van der Waals surface area contributed by atoms with Crippen molar-refractivity contribution in [3.05, 3.63) is 36.2 Å². The van der Waals surface area contributed by atoms with Crippen LogP contribution in [0.1, 0.15) is 38.2 Å². The van der Waals surface area contributed by atoms with Crippen molar-refractivity contribution < 1.29 is 9.47 Å². The molecule has 184 valence electrons. The lowest BCUT2D eigenvalue weighted by molar-refractivity contribution is 0.173. The number of anilines is 3. The first-order valence-electron chi connectivity index (χ1n) is 12.3. The molecule has 0 bridgehead atoms. The molecule has 0 radical (unpaired) electrons. The first kappa shape index (κ1) is 22.2. The molecule has 0 saturated heterocycles. The van der Waals surface area contributed by atoms with Gasteiger partial charge in [0.15, 0.2) is 11.5 Å². The zero-order chi connectivity index (χ0) is 24.6. The largest absolute Gasteiger partial charge is 0.485 e. The number of fused-ring (bicyclic) bond motifs is 2. The Morgan fingerprint density at radius 3 is 2.78 bits per heavy atom. The second kappa shape index (κ2) is 9.07. The van der Waals surface area contributed by atoms with Gasteiger partial charge in [-0.25, -0.2) is 0 Å². The standard InChI is InChI=1S/C26H28N8O2/c1-15-4-3-5-17(12-15)30-25-21-16(13-27)14-28-24(21)32-26(33-25)31-19-7-6-18(20-8-9-29-34(20)2)22-23(19)36-11-10-35-22/h6-9,14-15,17H,3-5,10-12H2,1-2H3,(H3,28,30,31,32,33)/t15-,17?/m1/s1. The average molecular weight is 485 g/mol. The van der Waals surface area contributed by atoms with E-state index in [-0.39, 0.29) is 0 Å². The van der Waals surface area contributed by atoms with Crippen molar-refractivity contribution >= 4 is 28.5 Å². The van der Waals surface area contributed by atoms with Crippen LogP contribution in [0.15, 0.2) is 30.6 Å². The van der Waals surface area contributed by atoms with Crippen LogP contribution in [0.5, 0.6) is 11.5 Å². The number of nitriles is 1. The Kier molecular flexibility index (Phi) is 5.60. The minimum absolute atomic E-state index is 0.309. The Bertz CT molecular complexity index is 1470. The highest BCUT2D eigenvalue weighted by Crippen LogP contribution is 2.45. The van der Waals surface area contributed by atoms with Crippen molar-refractivity contribution in [2.75, 3.05) is 23.8 Å². The fourth-order valence-electron chi connectivity index (χ4n) is 5.24. The van der Waals surface area contributed by atoms with Crippen LogP contribution in [0.25, 0.3) is 22.3 Å². The summed E-state index contributed by atoms with van der Waals surface area (Å²) in [7, 11) is 1.90. The summed E-state index contributed by atoms with van der Waals surface area (Å²) in [6, 6.07) is 8.43. The van der Waals surface area contributed by atoms with E-state index in [1.54, 1.807) is 17.1 Å². The molecule has 6 rings (SSSR count). The molecule has 1 unspecified atom stereocenters. The van der Waals surface area contributed by atoms with Gasteiger partial charge < -0.3 is 25.1 Å². The third-order valence-corrected chi connectivity index (χ3v) is 6.96. The molecule has 4 aromatic rings. The van der Waals surface area contributed by atoms with Gasteiger partial charge in [-0.2, -0.15) is 20.3 Å². The Balaban J connectivity index is 1.38. The van der Waals surface area contributed by atoms with Gasteiger partial charge in [-0.3, -0.25) is 4.68 Å². The second-order valence-electron chi connectivity index (χ2n) is 9.53. The molecule has 1 aliphatic heterocycles. The lowest BCUT2D eigenvalue weighted by Gasteiger charge is -2.28. The number of nitrogens with one attached hydrogen (secondary N) is 3. The number of ether oxygens (including phenoxy) is 2. The van der Waals surface area contributed by atoms with Crippen LogP contribution in [0.2, 0.25) is 0 Å². The smallest absolute Gasteiger partial charge is 0.231 e. The molecule has 2 atom stereocenters. The number of aryl methyl sites for hydroxylation is 1. The maximum absolute atomic E-state index is 9.65. The van der Waals surface area contributed by atoms with Gasteiger partial charge in [0.2, 0.25) is 5.95 Å². The molecular formula is C26H28N8O2. The molecule has 0 amide bonds. The van der Waals surface area contributed by atoms with Crippen LogP contribution in [-0.2, 0) is 7.05 Å². The van der Waals surface area contributed by atoms with Crippen molar-refractivity contribution in [1.82, 2.24) is 24.7 Å². The molecule has 0 spiro atoms. The SMILES string of the molecule is C[C@@H]1CCCC(Nc2nc(Nc3ccc(-c4ccnn4C)c4c3OCCO4)nc3[nH]cc(C#N)c23)C1. The number of H-pyrrole nitrogens is 1. The number of nitrogens with zero attached hydrogens (tertiary/aromatic N) is 5. The summed E-state index contributed by atoms with van der Waals surface area (Å²) in [5.41, 5.74) is 3.68. The van der Waals surface area contributed by atoms with Crippen LogP contribution in [0, 0.1) is 17.2 Å². The van der Waals surface area contributed by atoms with Gasteiger partial charge in [0.25, 0.3) is 0 Å². The molecule has 1 saturated carbocycles. The number of hydrogen-bond acceptors (Lipinski definition) is 8. The molecule has 36 heavy (non-hydrogen) atoms. The first-order chi connectivity index (χ1) is 17.6. The lowest BCUT2D eigenvalue weighted by Crippen LogP contribution is -2.27. The van der Waals surface area contributed by atoms with Crippen LogP contribution in [0.4, 0.5) is 17.5 Å². The summed E-state index contributed by atoms with van der Waals surface area (Å²) in [6.45, 7) is 3.20. The average Bonchev–Trinajstić information content (AvgIpc) is 3.50. The Hall–Kier alpha value is -4.26. The summed E-state index contributed by atoms with van der Waals surface area (Å²) in [5.74, 6) is 3.01. The molecule has 1 aromatic carbocycles. The van der Waals surface area contributed by atoms with Gasteiger partial charge in [0.05, 0.1) is 22.3 Å². The maximum Gasteiger partial charge on any atom is 0.231 e. The number of hydrogen-bond donors (Lipinski definition) is 3. The third kappa shape index (κ3) is 3.96. The zero-order valence-corrected chi connectivity index (χ0v) is 20.3. The fourth-order valence-corrected chi connectivity index (χ4v) is 5.24. The monoisotopic (exact) mass is 484 g/mol. The molecule has 2 aliphatic rings. The van der Waals surface area contributed by atoms with E-state index < -0.39 is 0 Å². The molecule has 10 heteroatoms. The molecule has 4 heterocycles. The predicted octanol–water partition coefficient (Wildman–Crippen LogP) is 4.74. The Morgan fingerprint density at radius 2 is 2.00 bits per heavy atom. The highest BCUT2D eigenvalue weighted by molar-refractivity contribution is 5.94. The van der Waals surface area contributed by atoms with Crippen molar-refractivity contribution in [3.63, 3.8) is 0 Å². The summed E-state index contributed by atoms with van der Waals surface area (Å²) in [4.78, 5) is 12.6. The first-order valence-corrected chi connectivity index (χ1v) is 12.3. The van der Waals surface area contributed by atoms with E-state index >= 15 is 0 Å². The second-order valence-corrected chi connectivity index (χ2v) is 9.53. The number of aromatic nitrogens is 5. The van der Waals surface area contributed by atoms with E-state index in [9.17, 15) is 5.26 Å². The Labute approximate surface area is 208 Å². The van der Waals surface area contributed by atoms with Gasteiger partial charge in [-0.05, 0) is 37.0 Å². The fraction of sp³-hybridized carbons (Fsp3) is 0.385. The van der Waals surface area contributed by atoms with E-state index in [0.29, 0.717) is 65.3 Å². The molecule has 10 nitrogen and oxygen atoms in total. The van der Waals surface area contributed by atoms with E-state index in [1.807, 2.05) is 25.2 Å². The van der Waals surface area contributed by atoms with E-state index in [4.69, 9.17) is 14.5 Å². The minimum atomic E-state index is 0.309. The predicted molar refractivity (Wildman–Crippen MR) is 137 cm³/mol. The maximum atomic E-state index is 9.65. The molecule has 1 aliphatic carbocycles. The third-order valence-electron chi connectivity index (χ3n) is 6.96. The van der Waals surface area contributed by atoms with Crippen molar-refractivity contribution in [2.24, 2.45) is 13.0 Å². The summed E-state index contributed by atoms with van der Waals surface area (Å²) in [5, 5.41) is 21.6. The van der Waals surface area contributed by atoms with Crippen LogP contribution in [0.3, 0.4) is 0 Å². The highest BCUT2D eigenvalue weighted by atomic mass is 16.6. The van der Waals surface area contributed by atoms with Gasteiger partial charge in [0, 0.05) is 31.0 Å². The number of aromatic amines is 1. The normalized spacial score (nSPS) is 19.1. The van der Waals surface area contributed by atoms with Crippen molar-refractivity contribution in [2.45, 2.75) is 38.6 Å². The molecule has 1 fully saturated rings. The van der Waals surface area contributed by atoms with Gasteiger partial charge in [-0.1, -0.05) is 19.8 Å². The van der Waals surface area contributed by atoms with Crippen LogP contribution in [-0.4, -0.2) is 44.0 Å². The van der Waals surface area contributed by atoms with Crippen molar-refractivity contribution in [1.29, 1.82) is 5.26 Å². The molecular weight excluding hydrogens is 456 g/mol. The van der Waals surface area contributed by atoms with E-state index in [2.05, 4.69) is 38.7 Å². The van der Waals surface area contributed by atoms with Gasteiger partial charge in [0.1, 0.15) is 30.7 Å². The summed E-state index contributed by atoms with van der Waals surface area (Å²) >= 11 is 0. The van der Waals surface area contributed by atoms with Crippen LogP contribution >= 0.6 is 0 Å². The van der Waals surface area contributed by atoms with Gasteiger partial charge >= 0.3 is 0 Å². The number of rotatable bonds is 5. The molecule has 3 aromatic heterocycles.